The van der Waals surface area contributed by atoms with Gasteiger partial charge in [-0.05, 0) is 37.5 Å². The predicted octanol–water partition coefficient (Wildman–Crippen LogP) is 2.36. The molecule has 0 amide bonds. The number of hydrogen-bond acceptors (Lipinski definition) is 6. The Labute approximate surface area is 215 Å². The van der Waals surface area contributed by atoms with E-state index in [2.05, 4.69) is 34.2 Å². The van der Waals surface area contributed by atoms with Crippen molar-refractivity contribution in [1.29, 1.82) is 0 Å². The quantitative estimate of drug-likeness (QED) is 0.291. The van der Waals surface area contributed by atoms with Gasteiger partial charge in [-0.2, -0.15) is 0 Å². The molecular formula is C24H39IN4O4. The third kappa shape index (κ3) is 8.24. The average molecular weight is 575 g/mol. The van der Waals surface area contributed by atoms with Gasteiger partial charge >= 0.3 is 0 Å². The summed E-state index contributed by atoms with van der Waals surface area (Å²) in [5.74, 6) is 1.85. The van der Waals surface area contributed by atoms with Crippen LogP contribution in [0, 0.1) is 0 Å². The molecule has 3 heterocycles. The zero-order chi connectivity index (χ0) is 22.0. The summed E-state index contributed by atoms with van der Waals surface area (Å²) in [5.41, 5.74) is 1.15. The summed E-state index contributed by atoms with van der Waals surface area (Å²) < 4.78 is 23.3. The van der Waals surface area contributed by atoms with Gasteiger partial charge in [-0.3, -0.25) is 4.90 Å². The highest BCUT2D eigenvalue weighted by Gasteiger charge is 2.32. The highest BCUT2D eigenvalue weighted by molar-refractivity contribution is 14.0. The van der Waals surface area contributed by atoms with Crippen LogP contribution in [-0.2, 0) is 20.8 Å². The average Bonchev–Trinajstić information content (AvgIpc) is 3.38. The summed E-state index contributed by atoms with van der Waals surface area (Å²) in [6, 6.07) is 8.27. The third-order valence-corrected chi connectivity index (χ3v) is 6.20. The zero-order valence-corrected chi connectivity index (χ0v) is 22.1. The second kappa shape index (κ2) is 14.3. The second-order valence-corrected chi connectivity index (χ2v) is 8.53. The molecule has 0 spiro atoms. The molecule has 2 unspecified atom stereocenters. The van der Waals surface area contributed by atoms with E-state index in [0.717, 1.165) is 89.2 Å². The lowest BCUT2D eigenvalue weighted by Gasteiger charge is -2.37. The maximum absolute atomic E-state index is 6.00. The molecule has 4 rings (SSSR count). The maximum atomic E-state index is 6.00. The Balaban J connectivity index is 0.00000306. The molecule has 3 fully saturated rings. The second-order valence-electron chi connectivity index (χ2n) is 8.53. The fourth-order valence-electron chi connectivity index (χ4n) is 4.43. The van der Waals surface area contributed by atoms with Crippen molar-refractivity contribution in [3.63, 3.8) is 0 Å². The van der Waals surface area contributed by atoms with Crippen molar-refractivity contribution in [2.45, 2.75) is 38.5 Å². The van der Waals surface area contributed by atoms with Gasteiger partial charge in [-0.1, -0.05) is 12.1 Å². The molecule has 186 valence electrons. The molecule has 0 aromatic heterocycles. The highest BCUT2D eigenvalue weighted by atomic mass is 127. The van der Waals surface area contributed by atoms with Crippen LogP contribution in [0.1, 0.15) is 25.3 Å². The van der Waals surface area contributed by atoms with E-state index in [4.69, 9.17) is 23.9 Å². The van der Waals surface area contributed by atoms with Crippen molar-refractivity contribution in [2.24, 2.45) is 4.99 Å². The Bertz CT molecular complexity index is 726. The number of benzene rings is 1. The van der Waals surface area contributed by atoms with Crippen LogP contribution in [0.15, 0.2) is 29.3 Å². The number of halogens is 1. The van der Waals surface area contributed by atoms with Crippen LogP contribution in [0.2, 0.25) is 0 Å². The first kappa shape index (κ1) is 26.5. The van der Waals surface area contributed by atoms with E-state index >= 15 is 0 Å². The molecule has 0 saturated carbocycles. The number of ether oxygens (including phenoxy) is 4. The number of nitrogens with zero attached hydrogens (tertiary/aromatic N) is 3. The molecule has 0 bridgehead atoms. The molecule has 8 nitrogen and oxygen atoms in total. The minimum atomic E-state index is 0. The standard InChI is InChI=1S/C24H38N4O4.HI/c1-2-25-24(28-11-16-32-23(19-28)22-7-4-12-31-22)26-18-20-5-3-6-21(17-20)30-15-10-27-8-13-29-14-9-27;/h3,5-6,17,22-23H,2,4,7-16,18-19H2,1H3,(H,25,26);1H. The zero-order valence-electron chi connectivity index (χ0n) is 19.7. The summed E-state index contributed by atoms with van der Waals surface area (Å²) in [6.45, 7) is 12.0. The molecular weight excluding hydrogens is 535 g/mol. The summed E-state index contributed by atoms with van der Waals surface area (Å²) in [4.78, 5) is 9.61. The van der Waals surface area contributed by atoms with Crippen LogP contribution in [0.4, 0.5) is 0 Å². The minimum absolute atomic E-state index is 0. The lowest BCUT2D eigenvalue weighted by atomic mass is 10.1. The fraction of sp³-hybridized carbons (Fsp3) is 0.708. The smallest absolute Gasteiger partial charge is 0.194 e. The molecule has 3 aliphatic rings. The Kier molecular flexibility index (Phi) is 11.5. The van der Waals surface area contributed by atoms with E-state index in [0.29, 0.717) is 19.8 Å². The van der Waals surface area contributed by atoms with E-state index in [1.54, 1.807) is 0 Å². The van der Waals surface area contributed by atoms with Gasteiger partial charge in [0.15, 0.2) is 5.96 Å². The highest BCUT2D eigenvalue weighted by Crippen LogP contribution is 2.21. The normalized spacial score (nSPS) is 24.4. The lowest BCUT2D eigenvalue weighted by Crippen LogP contribution is -2.53. The summed E-state index contributed by atoms with van der Waals surface area (Å²) in [6.07, 6.45) is 2.55. The number of morpholine rings is 2. The number of guanidine groups is 1. The van der Waals surface area contributed by atoms with Crippen LogP contribution in [0.5, 0.6) is 5.75 Å². The first-order valence-electron chi connectivity index (χ1n) is 12.1. The predicted molar refractivity (Wildman–Crippen MR) is 140 cm³/mol. The molecule has 3 aliphatic heterocycles. The van der Waals surface area contributed by atoms with Crippen molar-refractivity contribution in [1.82, 2.24) is 15.1 Å². The van der Waals surface area contributed by atoms with Crippen LogP contribution >= 0.6 is 24.0 Å². The van der Waals surface area contributed by atoms with Gasteiger partial charge in [-0.25, -0.2) is 4.99 Å². The van der Waals surface area contributed by atoms with Gasteiger partial charge in [0, 0.05) is 45.9 Å². The molecule has 9 heteroatoms. The van der Waals surface area contributed by atoms with E-state index in [9.17, 15) is 0 Å². The Morgan fingerprint density at radius 3 is 2.76 bits per heavy atom. The van der Waals surface area contributed by atoms with Gasteiger partial charge in [-0.15, -0.1) is 24.0 Å². The van der Waals surface area contributed by atoms with Crippen LogP contribution < -0.4 is 10.1 Å². The van der Waals surface area contributed by atoms with Gasteiger partial charge < -0.3 is 29.2 Å². The van der Waals surface area contributed by atoms with E-state index in [1.807, 2.05) is 12.1 Å². The number of rotatable bonds is 8. The molecule has 1 aromatic rings. The summed E-state index contributed by atoms with van der Waals surface area (Å²) in [5, 5.41) is 3.45. The SMILES string of the molecule is CCNC(=NCc1cccc(OCCN2CCOCC2)c1)N1CCOC(C2CCCO2)C1.I. The van der Waals surface area contributed by atoms with Crippen molar-refractivity contribution in [3.8, 4) is 5.75 Å². The minimum Gasteiger partial charge on any atom is -0.492 e. The van der Waals surface area contributed by atoms with Gasteiger partial charge in [0.25, 0.3) is 0 Å². The van der Waals surface area contributed by atoms with Crippen molar-refractivity contribution in [3.05, 3.63) is 29.8 Å². The monoisotopic (exact) mass is 574 g/mol. The van der Waals surface area contributed by atoms with Gasteiger partial charge in [0.1, 0.15) is 18.5 Å². The van der Waals surface area contributed by atoms with Gasteiger partial charge in [0.05, 0.1) is 32.5 Å². The topological polar surface area (TPSA) is 67.8 Å². The van der Waals surface area contributed by atoms with Crippen LogP contribution in [0.25, 0.3) is 0 Å². The molecule has 1 N–H and O–H groups in total. The molecule has 1 aromatic carbocycles. The summed E-state index contributed by atoms with van der Waals surface area (Å²) >= 11 is 0. The van der Waals surface area contributed by atoms with Crippen molar-refractivity contribution >= 4 is 29.9 Å². The summed E-state index contributed by atoms with van der Waals surface area (Å²) in [7, 11) is 0. The van der Waals surface area contributed by atoms with E-state index in [1.165, 1.54) is 0 Å². The fourth-order valence-corrected chi connectivity index (χ4v) is 4.43. The van der Waals surface area contributed by atoms with Crippen LogP contribution in [-0.4, -0.2) is 100 Å². The third-order valence-electron chi connectivity index (χ3n) is 6.20. The van der Waals surface area contributed by atoms with E-state index in [-0.39, 0.29) is 36.2 Å². The Morgan fingerprint density at radius 2 is 1.97 bits per heavy atom. The Morgan fingerprint density at radius 1 is 1.12 bits per heavy atom. The van der Waals surface area contributed by atoms with Gasteiger partial charge in [0.2, 0.25) is 0 Å². The van der Waals surface area contributed by atoms with E-state index < -0.39 is 0 Å². The first-order valence-corrected chi connectivity index (χ1v) is 12.1. The molecule has 2 atom stereocenters. The molecule has 0 aliphatic carbocycles. The molecule has 0 radical (unpaired) electrons. The maximum Gasteiger partial charge on any atom is 0.194 e. The molecule has 33 heavy (non-hydrogen) atoms. The number of hydrogen-bond donors (Lipinski definition) is 1. The first-order chi connectivity index (χ1) is 15.8. The Hall–Kier alpha value is -1.14. The van der Waals surface area contributed by atoms with Crippen LogP contribution in [0.3, 0.4) is 0 Å². The molecule has 3 saturated heterocycles. The lowest BCUT2D eigenvalue weighted by molar-refractivity contribution is -0.0817. The van der Waals surface area contributed by atoms with Crippen molar-refractivity contribution in [2.75, 3.05) is 72.3 Å². The number of nitrogens with one attached hydrogen (secondary N) is 1. The number of aliphatic imine (C=N–C) groups is 1. The van der Waals surface area contributed by atoms with Crippen molar-refractivity contribution < 1.29 is 18.9 Å². The largest absolute Gasteiger partial charge is 0.492 e.